The number of rotatable bonds is 6. The summed E-state index contributed by atoms with van der Waals surface area (Å²) in [6, 6.07) is -0.0478. The summed E-state index contributed by atoms with van der Waals surface area (Å²) in [7, 11) is -3.47. The van der Waals surface area contributed by atoms with Gasteiger partial charge in [0.05, 0.1) is 6.20 Å². The van der Waals surface area contributed by atoms with Crippen molar-refractivity contribution in [3.05, 3.63) is 12.0 Å². The second kappa shape index (κ2) is 5.64. The van der Waals surface area contributed by atoms with Gasteiger partial charge in [0.2, 0.25) is 0 Å². The highest BCUT2D eigenvalue weighted by Gasteiger charge is 2.22. The van der Waals surface area contributed by atoms with E-state index >= 15 is 0 Å². The van der Waals surface area contributed by atoms with Crippen LogP contribution in [0.15, 0.2) is 11.2 Å². The molecule has 0 aliphatic heterocycles. The zero-order valence-electron chi connectivity index (χ0n) is 10.8. The molecule has 1 unspecified atom stereocenters. The van der Waals surface area contributed by atoms with Crippen LogP contribution in [0.25, 0.3) is 0 Å². The minimum absolute atomic E-state index is 0.0478. The number of hydrogen-bond acceptors (Lipinski definition) is 3. The molecule has 1 heterocycles. The third-order valence-corrected chi connectivity index (χ3v) is 4.18. The lowest BCUT2D eigenvalue weighted by Gasteiger charge is -2.19. The number of aryl methyl sites for hydroxylation is 1. The topological polar surface area (TPSA) is 74.8 Å². The lowest BCUT2D eigenvalue weighted by Crippen LogP contribution is -2.38. The Morgan fingerprint density at radius 1 is 1.41 bits per heavy atom. The van der Waals surface area contributed by atoms with E-state index in [9.17, 15) is 8.42 Å². The quantitative estimate of drug-likeness (QED) is 0.816. The first-order chi connectivity index (χ1) is 7.90. The first kappa shape index (κ1) is 14.2. The maximum Gasteiger partial charge on any atom is 0.257 e. The molecule has 5 nitrogen and oxygen atoms in total. The van der Waals surface area contributed by atoms with Gasteiger partial charge in [0.1, 0.15) is 5.82 Å². The first-order valence-electron chi connectivity index (χ1n) is 5.96. The Labute approximate surface area is 103 Å². The molecule has 0 aromatic carbocycles. The lowest BCUT2D eigenvalue weighted by molar-refractivity contribution is 0.436. The predicted octanol–water partition coefficient (Wildman–Crippen LogP) is 1.68. The van der Waals surface area contributed by atoms with Crippen LogP contribution in [0.3, 0.4) is 0 Å². The predicted molar refractivity (Wildman–Crippen MR) is 67.2 cm³/mol. The van der Waals surface area contributed by atoms with Crippen LogP contribution in [0.1, 0.15) is 39.9 Å². The van der Waals surface area contributed by atoms with Gasteiger partial charge < -0.3 is 4.98 Å². The van der Waals surface area contributed by atoms with Gasteiger partial charge in [-0.2, -0.15) is 0 Å². The average molecular weight is 259 g/mol. The number of H-pyrrole nitrogens is 1. The monoisotopic (exact) mass is 259 g/mol. The number of hydrogen-bond donors (Lipinski definition) is 2. The molecule has 0 amide bonds. The van der Waals surface area contributed by atoms with Crippen molar-refractivity contribution in [3.63, 3.8) is 0 Å². The van der Waals surface area contributed by atoms with E-state index in [1.807, 2.05) is 27.7 Å². The number of sulfonamides is 1. The van der Waals surface area contributed by atoms with Gasteiger partial charge in [-0.15, -0.1) is 0 Å². The molecule has 0 aliphatic carbocycles. The van der Waals surface area contributed by atoms with E-state index in [1.165, 1.54) is 6.20 Å². The summed E-state index contributed by atoms with van der Waals surface area (Å²) in [5, 5.41) is 0.147. The van der Waals surface area contributed by atoms with E-state index in [1.54, 1.807) is 0 Å². The van der Waals surface area contributed by atoms with E-state index < -0.39 is 10.0 Å². The zero-order valence-corrected chi connectivity index (χ0v) is 11.6. The standard InChI is InChI=1S/C11H21N3O2S/c1-5-9(8(3)4)14-17(15,16)11-7-12-10(6-2)13-11/h7-9,14H,5-6H2,1-4H3,(H,12,13). The van der Waals surface area contributed by atoms with Crippen LogP contribution in [-0.2, 0) is 16.4 Å². The van der Waals surface area contributed by atoms with Gasteiger partial charge in [0.15, 0.2) is 5.03 Å². The summed E-state index contributed by atoms with van der Waals surface area (Å²) < 4.78 is 26.8. The number of nitrogens with one attached hydrogen (secondary N) is 2. The summed E-state index contributed by atoms with van der Waals surface area (Å²) in [5.74, 6) is 0.950. The van der Waals surface area contributed by atoms with Gasteiger partial charge in [-0.05, 0) is 12.3 Å². The summed E-state index contributed by atoms with van der Waals surface area (Å²) in [5.41, 5.74) is 0. The Morgan fingerprint density at radius 3 is 2.47 bits per heavy atom. The summed E-state index contributed by atoms with van der Waals surface area (Å²) in [6.07, 6.45) is 2.83. The van der Waals surface area contributed by atoms with Crippen molar-refractivity contribution in [1.82, 2.24) is 14.7 Å². The molecule has 0 radical (unpaired) electrons. The van der Waals surface area contributed by atoms with Crippen molar-refractivity contribution in [1.29, 1.82) is 0 Å². The summed E-state index contributed by atoms with van der Waals surface area (Å²) >= 11 is 0. The molecule has 0 saturated carbocycles. The molecule has 1 rings (SSSR count). The fourth-order valence-electron chi connectivity index (χ4n) is 1.61. The second-order valence-corrected chi connectivity index (χ2v) is 6.11. The molecular formula is C11H21N3O2S. The molecule has 0 fully saturated rings. The molecule has 2 N–H and O–H groups in total. The van der Waals surface area contributed by atoms with E-state index in [0.29, 0.717) is 12.2 Å². The number of imidazole rings is 1. The highest BCUT2D eigenvalue weighted by molar-refractivity contribution is 7.89. The van der Waals surface area contributed by atoms with Crippen molar-refractivity contribution in [2.24, 2.45) is 5.92 Å². The number of nitrogens with zero attached hydrogens (tertiary/aromatic N) is 1. The molecule has 0 bridgehead atoms. The first-order valence-corrected chi connectivity index (χ1v) is 7.45. The van der Waals surface area contributed by atoms with Crippen LogP contribution >= 0.6 is 0 Å². The molecule has 0 aliphatic rings. The van der Waals surface area contributed by atoms with Gasteiger partial charge in [-0.3, -0.25) is 0 Å². The van der Waals surface area contributed by atoms with E-state index in [0.717, 1.165) is 6.42 Å². The molecule has 1 atom stereocenters. The van der Waals surface area contributed by atoms with Crippen LogP contribution in [-0.4, -0.2) is 24.4 Å². The highest BCUT2D eigenvalue weighted by Crippen LogP contribution is 2.12. The lowest BCUT2D eigenvalue weighted by atomic mass is 10.0. The highest BCUT2D eigenvalue weighted by atomic mass is 32.2. The SMILES string of the molecule is CCc1ncc(S(=O)(=O)NC(CC)C(C)C)[nH]1. The smallest absolute Gasteiger partial charge is 0.257 e. The molecular weight excluding hydrogens is 238 g/mol. The molecule has 17 heavy (non-hydrogen) atoms. The zero-order chi connectivity index (χ0) is 13.1. The van der Waals surface area contributed by atoms with Crippen LogP contribution < -0.4 is 4.72 Å². The van der Waals surface area contributed by atoms with Gasteiger partial charge in [0.25, 0.3) is 10.0 Å². The molecule has 1 aromatic rings. The third-order valence-electron chi connectivity index (χ3n) is 2.78. The van der Waals surface area contributed by atoms with E-state index in [4.69, 9.17) is 0 Å². The number of aromatic nitrogens is 2. The normalized spacial score (nSPS) is 14.2. The van der Waals surface area contributed by atoms with Gasteiger partial charge in [0, 0.05) is 12.5 Å². The maximum absolute atomic E-state index is 12.1. The van der Waals surface area contributed by atoms with Crippen molar-refractivity contribution in [2.75, 3.05) is 0 Å². The third kappa shape index (κ3) is 3.54. The Kier molecular flexibility index (Phi) is 4.70. The fraction of sp³-hybridized carbons (Fsp3) is 0.727. The largest absolute Gasteiger partial charge is 0.332 e. The van der Waals surface area contributed by atoms with Gasteiger partial charge in [-0.1, -0.05) is 27.7 Å². The van der Waals surface area contributed by atoms with E-state index in [2.05, 4.69) is 14.7 Å². The van der Waals surface area contributed by atoms with Crippen LogP contribution in [0.2, 0.25) is 0 Å². The van der Waals surface area contributed by atoms with Crippen molar-refractivity contribution in [2.45, 2.75) is 51.6 Å². The van der Waals surface area contributed by atoms with Crippen molar-refractivity contribution >= 4 is 10.0 Å². The Balaban J connectivity index is 2.88. The fourth-order valence-corrected chi connectivity index (χ4v) is 3.02. The maximum atomic E-state index is 12.1. The van der Waals surface area contributed by atoms with Gasteiger partial charge >= 0.3 is 0 Å². The van der Waals surface area contributed by atoms with Crippen molar-refractivity contribution in [3.8, 4) is 0 Å². The second-order valence-electron chi connectivity index (χ2n) is 4.43. The molecule has 0 saturated heterocycles. The Morgan fingerprint density at radius 2 is 2.06 bits per heavy atom. The van der Waals surface area contributed by atoms with E-state index in [-0.39, 0.29) is 17.0 Å². The summed E-state index contributed by atoms with van der Waals surface area (Å²) in [4.78, 5) is 6.81. The molecule has 98 valence electrons. The minimum Gasteiger partial charge on any atom is -0.332 e. The molecule has 0 spiro atoms. The summed E-state index contributed by atoms with van der Waals surface area (Å²) in [6.45, 7) is 7.89. The average Bonchev–Trinajstić information content (AvgIpc) is 2.74. The van der Waals surface area contributed by atoms with Crippen LogP contribution in [0.4, 0.5) is 0 Å². The van der Waals surface area contributed by atoms with Crippen molar-refractivity contribution < 1.29 is 8.42 Å². The number of aromatic amines is 1. The van der Waals surface area contributed by atoms with Crippen LogP contribution in [0.5, 0.6) is 0 Å². The molecule has 6 heteroatoms. The van der Waals surface area contributed by atoms with Crippen LogP contribution in [0, 0.1) is 5.92 Å². The molecule has 1 aromatic heterocycles. The van der Waals surface area contributed by atoms with Gasteiger partial charge in [-0.25, -0.2) is 18.1 Å². The Bertz CT molecular complexity index is 451. The Hall–Kier alpha value is -0.880. The minimum atomic E-state index is -3.47.